The van der Waals surface area contributed by atoms with Crippen LogP contribution in [0, 0.1) is 91.0 Å². The van der Waals surface area contributed by atoms with Crippen molar-refractivity contribution >= 4 is 51.2 Å². The average molecular weight is 752 g/mol. The molecule has 0 radical (unpaired) electrons. The van der Waals surface area contributed by atoms with E-state index in [1.54, 1.807) is 0 Å². The molecule has 0 aliphatic carbocycles. The van der Waals surface area contributed by atoms with Gasteiger partial charge >= 0.3 is 34.1 Å². The van der Waals surface area contributed by atoms with Crippen molar-refractivity contribution in [3.63, 3.8) is 0 Å². The molecular formula is C22H16N12O19. The van der Waals surface area contributed by atoms with Gasteiger partial charge in [-0.05, 0) is 0 Å². The van der Waals surface area contributed by atoms with Crippen LogP contribution in [0.4, 0.5) is 51.2 Å². The molecule has 0 fully saturated rings. The van der Waals surface area contributed by atoms with Gasteiger partial charge in [0.05, 0.1) is 50.7 Å². The Labute approximate surface area is 287 Å². The molecule has 31 heteroatoms. The molecule has 0 bridgehead atoms. The Kier molecular flexibility index (Phi) is 10.2. The van der Waals surface area contributed by atoms with Crippen molar-refractivity contribution < 1.29 is 49.7 Å². The number of nitrogens with zero attached hydrogens (tertiary/aromatic N) is 12. The van der Waals surface area contributed by atoms with Gasteiger partial charge in [-0.3, -0.25) is 60.7 Å². The first-order valence-corrected chi connectivity index (χ1v) is 13.2. The molecule has 0 saturated carbocycles. The van der Waals surface area contributed by atoms with Gasteiger partial charge < -0.3 is 5.11 Å². The summed E-state index contributed by atoms with van der Waals surface area (Å²) in [5.41, 5.74) is -21.3. The summed E-state index contributed by atoms with van der Waals surface area (Å²) in [5.74, 6) is 0. The first kappa shape index (κ1) is 39.1. The van der Waals surface area contributed by atoms with Crippen LogP contribution in [0.2, 0.25) is 0 Å². The molecule has 1 N–H and O–H groups in total. The second kappa shape index (κ2) is 13.9. The maximum absolute atomic E-state index is 12.5. The molecule has 0 aromatic heterocycles. The highest BCUT2D eigenvalue weighted by Gasteiger charge is 2.47. The van der Waals surface area contributed by atoms with E-state index in [9.17, 15) is 96.1 Å². The van der Waals surface area contributed by atoms with Gasteiger partial charge in [-0.2, -0.15) is 0 Å². The predicted octanol–water partition coefficient (Wildman–Crippen LogP) is 2.30. The standard InChI is InChI=1S/C22H16N12O19/c1-23(32(48)49)19-13(26(36)37)4-10(5-14(19)27(38)39)22(35,11-6-15(28(40)41)20(24(2)33(50)51)16(7-11)29(42)43)12-8-17(30(44)45)21(25(3)34(52)53)18(9-12)31(46)47/h4-9,35H,1-3H3. The molecule has 0 saturated heterocycles. The summed E-state index contributed by atoms with van der Waals surface area (Å²) in [7, 11) is 1.53. The Bertz CT molecular complexity index is 1850. The summed E-state index contributed by atoms with van der Waals surface area (Å²) < 4.78 is 0. The monoisotopic (exact) mass is 752 g/mol. The quantitative estimate of drug-likeness (QED) is 0.132. The van der Waals surface area contributed by atoms with Crippen LogP contribution in [0.5, 0.6) is 0 Å². The lowest BCUT2D eigenvalue weighted by molar-refractivity contribution is -0.493. The number of rotatable bonds is 15. The average Bonchev–Trinajstić information content (AvgIpc) is 3.07. The molecule has 53 heavy (non-hydrogen) atoms. The van der Waals surface area contributed by atoms with Crippen LogP contribution in [0.15, 0.2) is 36.4 Å². The zero-order chi connectivity index (χ0) is 40.6. The van der Waals surface area contributed by atoms with Gasteiger partial charge in [0.15, 0.2) is 15.1 Å². The molecule has 0 amide bonds. The second-order valence-corrected chi connectivity index (χ2v) is 10.1. The first-order chi connectivity index (χ1) is 24.4. The van der Waals surface area contributed by atoms with Crippen LogP contribution in [-0.4, -0.2) is 70.9 Å². The highest BCUT2D eigenvalue weighted by atomic mass is 16.7. The molecule has 0 spiro atoms. The van der Waals surface area contributed by atoms with E-state index in [0.29, 0.717) is 21.1 Å². The number of anilines is 3. The fourth-order valence-electron chi connectivity index (χ4n) is 5.01. The highest BCUT2D eigenvalue weighted by molar-refractivity contribution is 5.80. The van der Waals surface area contributed by atoms with Gasteiger partial charge in [0.25, 0.3) is 17.1 Å². The molecular weight excluding hydrogens is 736 g/mol. The maximum atomic E-state index is 12.5. The van der Waals surface area contributed by atoms with Crippen molar-refractivity contribution in [1.82, 2.24) is 0 Å². The summed E-state index contributed by atoms with van der Waals surface area (Å²) in [6, 6.07) is 0.868. The van der Waals surface area contributed by atoms with Crippen molar-refractivity contribution in [2.75, 3.05) is 36.2 Å². The SMILES string of the molecule is CN(c1c([N+](=O)[O-])cc(C(O)(c2cc([N+](=O)[O-])c(N(C)[N+](=O)[O-])c([N+](=O)[O-])c2)c2cc([N+](=O)[O-])c(N(C)[N+](=O)[O-])c([N+](=O)[O-])c2)cc1[N+](=O)[O-])[N+](=O)[O-]. The molecule has 0 atom stereocenters. The summed E-state index contributed by atoms with van der Waals surface area (Å²) in [4.78, 5) is 98.8. The normalized spacial score (nSPS) is 10.9. The Balaban J connectivity index is 2.84. The highest BCUT2D eigenvalue weighted by Crippen LogP contribution is 2.51. The van der Waals surface area contributed by atoms with E-state index >= 15 is 0 Å². The minimum atomic E-state index is -3.75. The number of aliphatic hydroxyl groups is 1. The fraction of sp³-hybridized carbons (Fsp3) is 0.182. The summed E-state index contributed by atoms with van der Waals surface area (Å²) in [6.07, 6.45) is 0. The van der Waals surface area contributed by atoms with E-state index in [0.717, 1.165) is 0 Å². The zero-order valence-corrected chi connectivity index (χ0v) is 26.1. The van der Waals surface area contributed by atoms with Crippen LogP contribution in [0.3, 0.4) is 0 Å². The van der Waals surface area contributed by atoms with Gasteiger partial charge in [0.1, 0.15) is 5.60 Å². The zero-order valence-electron chi connectivity index (χ0n) is 26.1. The topological polar surface area (TPSA) is 418 Å². The summed E-state index contributed by atoms with van der Waals surface area (Å²) in [5, 5.41) is 115. The number of benzene rings is 3. The number of hydrogen-bond donors (Lipinski definition) is 1. The van der Waals surface area contributed by atoms with Crippen LogP contribution >= 0.6 is 0 Å². The predicted molar refractivity (Wildman–Crippen MR) is 168 cm³/mol. The van der Waals surface area contributed by atoms with Crippen molar-refractivity contribution in [3.8, 4) is 0 Å². The minimum Gasteiger partial charge on any atom is -0.376 e. The van der Waals surface area contributed by atoms with Crippen LogP contribution in [0.25, 0.3) is 0 Å². The van der Waals surface area contributed by atoms with Gasteiger partial charge in [0, 0.05) is 53.1 Å². The van der Waals surface area contributed by atoms with E-state index in [-0.39, 0.29) is 51.4 Å². The Hall–Kier alpha value is -8.38. The Morgan fingerprint density at radius 3 is 0.660 bits per heavy atom. The lowest BCUT2D eigenvalue weighted by Gasteiger charge is -2.30. The molecule has 3 aromatic rings. The van der Waals surface area contributed by atoms with Gasteiger partial charge in [0.2, 0.25) is 0 Å². The van der Waals surface area contributed by atoms with Crippen LogP contribution in [-0.2, 0) is 5.60 Å². The molecule has 3 aromatic carbocycles. The number of hydrogen-bond acceptors (Lipinski definition) is 19. The Morgan fingerprint density at radius 1 is 0.396 bits per heavy atom. The molecule has 3 rings (SSSR count). The van der Waals surface area contributed by atoms with E-state index in [1.807, 2.05) is 0 Å². The van der Waals surface area contributed by atoms with Crippen LogP contribution in [0.1, 0.15) is 16.7 Å². The van der Waals surface area contributed by atoms with Crippen molar-refractivity contribution in [3.05, 3.63) is 144 Å². The number of nitro groups is 9. The largest absolute Gasteiger partial charge is 0.376 e. The second-order valence-electron chi connectivity index (χ2n) is 10.1. The molecule has 31 nitrogen and oxygen atoms in total. The first-order valence-electron chi connectivity index (χ1n) is 13.2. The van der Waals surface area contributed by atoms with E-state index < -0.39 is 118 Å². The smallest absolute Gasteiger partial charge is 0.306 e. The lowest BCUT2D eigenvalue weighted by Crippen LogP contribution is -2.32. The van der Waals surface area contributed by atoms with Gasteiger partial charge in [-0.1, -0.05) is 15.0 Å². The van der Waals surface area contributed by atoms with E-state index in [4.69, 9.17) is 0 Å². The van der Waals surface area contributed by atoms with Crippen molar-refractivity contribution in [2.24, 2.45) is 0 Å². The third kappa shape index (κ3) is 6.77. The minimum absolute atomic E-state index is 0.145. The molecule has 0 unspecified atom stereocenters. The number of nitro benzene ring substituents is 6. The lowest BCUT2D eigenvalue weighted by atomic mass is 9.78. The molecule has 0 aliphatic rings. The summed E-state index contributed by atoms with van der Waals surface area (Å²) in [6.45, 7) is 0. The fourth-order valence-corrected chi connectivity index (χ4v) is 5.01. The van der Waals surface area contributed by atoms with Crippen molar-refractivity contribution in [2.45, 2.75) is 5.60 Å². The summed E-state index contributed by atoms with van der Waals surface area (Å²) >= 11 is 0. The maximum Gasteiger partial charge on any atom is 0.306 e. The van der Waals surface area contributed by atoms with Gasteiger partial charge in [-0.25, -0.2) is 30.3 Å². The third-order valence-corrected chi connectivity index (χ3v) is 7.35. The van der Waals surface area contributed by atoms with E-state index in [2.05, 4.69) is 0 Å². The molecule has 278 valence electrons. The van der Waals surface area contributed by atoms with Gasteiger partial charge in [-0.15, -0.1) is 0 Å². The van der Waals surface area contributed by atoms with Crippen LogP contribution < -0.4 is 15.0 Å². The third-order valence-electron chi connectivity index (χ3n) is 7.35. The molecule has 0 heterocycles. The number of hydrazine groups is 3. The molecule has 0 aliphatic heterocycles. The van der Waals surface area contributed by atoms with Crippen molar-refractivity contribution in [1.29, 1.82) is 0 Å². The Morgan fingerprint density at radius 2 is 0.547 bits per heavy atom. The van der Waals surface area contributed by atoms with E-state index in [1.165, 1.54) is 0 Å².